The van der Waals surface area contributed by atoms with E-state index in [-0.39, 0.29) is 24.6 Å². The minimum Gasteiger partial charge on any atom is -0.481 e. The minimum absolute atomic E-state index is 0.110. The minimum atomic E-state index is -0.817. The predicted octanol–water partition coefficient (Wildman–Crippen LogP) is 0.310. The second-order valence-corrected chi connectivity index (χ2v) is 3.96. The Morgan fingerprint density at radius 1 is 1.35 bits per heavy atom. The van der Waals surface area contributed by atoms with Crippen molar-refractivity contribution in [1.82, 2.24) is 4.98 Å². The Morgan fingerprint density at radius 2 is 2.05 bits per heavy atom. The smallest absolute Gasteiger partial charge is 0.357 e. The van der Waals surface area contributed by atoms with Crippen molar-refractivity contribution in [3.8, 4) is 5.88 Å². The molecule has 110 valence electrons. The molecule has 1 aromatic rings. The maximum absolute atomic E-state index is 11.7. The van der Waals surface area contributed by atoms with Crippen LogP contribution in [0, 0.1) is 0 Å². The molecule has 0 aliphatic carbocycles. The molecule has 0 saturated heterocycles. The maximum Gasteiger partial charge on any atom is 0.357 e. The number of ether oxygens (including phenoxy) is 3. The average molecular weight is 282 g/mol. The van der Waals surface area contributed by atoms with E-state index in [9.17, 15) is 9.59 Å². The number of hydrogen-bond donors (Lipinski definition) is 1. The van der Waals surface area contributed by atoms with E-state index in [2.05, 4.69) is 9.72 Å². The van der Waals surface area contributed by atoms with Crippen molar-refractivity contribution < 1.29 is 23.8 Å². The van der Waals surface area contributed by atoms with Crippen LogP contribution in [0.4, 0.5) is 0 Å². The molecule has 0 spiro atoms. The van der Waals surface area contributed by atoms with E-state index in [0.29, 0.717) is 5.56 Å². The van der Waals surface area contributed by atoms with Gasteiger partial charge >= 0.3 is 11.9 Å². The monoisotopic (exact) mass is 282 g/mol. The number of pyridine rings is 1. The van der Waals surface area contributed by atoms with Crippen molar-refractivity contribution in [2.75, 3.05) is 20.8 Å². The van der Waals surface area contributed by atoms with Crippen molar-refractivity contribution in [2.24, 2.45) is 5.73 Å². The van der Waals surface area contributed by atoms with E-state index < -0.39 is 18.0 Å². The quantitative estimate of drug-likeness (QED) is 0.749. The van der Waals surface area contributed by atoms with E-state index in [1.165, 1.54) is 20.3 Å². The summed E-state index contributed by atoms with van der Waals surface area (Å²) in [6.07, 6.45) is 0.206. The average Bonchev–Trinajstić information content (AvgIpc) is 2.46. The van der Waals surface area contributed by atoms with Crippen LogP contribution in [0.25, 0.3) is 0 Å². The number of hydrogen-bond acceptors (Lipinski definition) is 7. The molecule has 1 heterocycles. The molecule has 0 aliphatic heterocycles. The fourth-order valence-corrected chi connectivity index (χ4v) is 1.58. The van der Waals surface area contributed by atoms with Gasteiger partial charge in [-0.3, -0.25) is 4.79 Å². The summed E-state index contributed by atoms with van der Waals surface area (Å²) in [4.78, 5) is 27.0. The summed E-state index contributed by atoms with van der Waals surface area (Å²) in [7, 11) is 2.70. The third-order valence-corrected chi connectivity index (χ3v) is 2.51. The lowest BCUT2D eigenvalue weighted by Crippen LogP contribution is -2.33. The van der Waals surface area contributed by atoms with Gasteiger partial charge in [0.05, 0.1) is 20.8 Å². The van der Waals surface area contributed by atoms with Crippen molar-refractivity contribution in [2.45, 2.75) is 19.4 Å². The molecule has 1 rings (SSSR count). The number of methoxy groups -OCH3 is 2. The third kappa shape index (κ3) is 4.20. The Morgan fingerprint density at radius 3 is 2.60 bits per heavy atom. The zero-order valence-corrected chi connectivity index (χ0v) is 11.7. The van der Waals surface area contributed by atoms with Crippen LogP contribution in [0.5, 0.6) is 5.88 Å². The van der Waals surface area contributed by atoms with Crippen LogP contribution in [0.15, 0.2) is 12.1 Å². The summed E-state index contributed by atoms with van der Waals surface area (Å²) in [5.41, 5.74) is 6.43. The van der Waals surface area contributed by atoms with Crippen molar-refractivity contribution in [1.29, 1.82) is 0 Å². The van der Waals surface area contributed by atoms with Crippen LogP contribution in [0.3, 0.4) is 0 Å². The van der Waals surface area contributed by atoms with E-state index in [0.717, 1.165) is 0 Å². The lowest BCUT2D eigenvalue weighted by molar-refractivity contribution is -0.142. The van der Waals surface area contributed by atoms with Gasteiger partial charge in [-0.05, 0) is 25.0 Å². The number of nitrogens with two attached hydrogens (primary N) is 1. The summed E-state index contributed by atoms with van der Waals surface area (Å²) in [6, 6.07) is 2.30. The molecule has 0 bridgehead atoms. The highest BCUT2D eigenvalue weighted by Crippen LogP contribution is 2.15. The highest BCUT2D eigenvalue weighted by Gasteiger charge is 2.17. The number of nitrogens with zero attached hydrogens (tertiary/aromatic N) is 1. The molecule has 7 nitrogen and oxygen atoms in total. The first kappa shape index (κ1) is 15.9. The standard InChI is InChI=1S/C13H18N2O5/c1-4-20-13(17)10-6-8(7-11(15-10)18-2)5-9(14)12(16)19-3/h6-7,9H,4-5,14H2,1-3H3. The molecule has 20 heavy (non-hydrogen) atoms. The molecule has 1 unspecified atom stereocenters. The first-order valence-corrected chi connectivity index (χ1v) is 6.07. The number of carbonyl (C=O) groups excluding carboxylic acids is 2. The normalized spacial score (nSPS) is 11.6. The third-order valence-electron chi connectivity index (χ3n) is 2.51. The highest BCUT2D eigenvalue weighted by molar-refractivity contribution is 5.87. The van der Waals surface area contributed by atoms with Gasteiger partial charge in [0, 0.05) is 6.07 Å². The Hall–Kier alpha value is -2.15. The molecule has 0 aromatic carbocycles. The van der Waals surface area contributed by atoms with Crippen molar-refractivity contribution >= 4 is 11.9 Å². The molecule has 2 N–H and O–H groups in total. The molecule has 0 radical (unpaired) electrons. The van der Waals surface area contributed by atoms with Crippen LogP contribution in [0.2, 0.25) is 0 Å². The molecule has 1 aromatic heterocycles. The van der Waals surface area contributed by atoms with Crippen LogP contribution in [0.1, 0.15) is 23.0 Å². The van der Waals surface area contributed by atoms with E-state index >= 15 is 0 Å². The highest BCUT2D eigenvalue weighted by atomic mass is 16.5. The Bertz CT molecular complexity index is 490. The molecular weight excluding hydrogens is 264 g/mol. The predicted molar refractivity (Wildman–Crippen MR) is 70.4 cm³/mol. The lowest BCUT2D eigenvalue weighted by atomic mass is 10.1. The van der Waals surface area contributed by atoms with Crippen molar-refractivity contribution in [3.05, 3.63) is 23.4 Å². The second-order valence-electron chi connectivity index (χ2n) is 3.96. The second kappa shape index (κ2) is 7.44. The molecule has 7 heteroatoms. The van der Waals surface area contributed by atoms with E-state index in [1.807, 2.05) is 0 Å². The molecule has 0 saturated carbocycles. The van der Waals surface area contributed by atoms with Gasteiger partial charge in [-0.1, -0.05) is 0 Å². The van der Waals surface area contributed by atoms with Crippen LogP contribution < -0.4 is 10.5 Å². The first-order chi connectivity index (χ1) is 9.51. The summed E-state index contributed by atoms with van der Waals surface area (Å²) < 4.78 is 14.4. The Labute approximate surface area is 117 Å². The molecule has 1 atom stereocenters. The van der Waals surface area contributed by atoms with Gasteiger partial charge in [-0.25, -0.2) is 9.78 Å². The Balaban J connectivity index is 2.98. The topological polar surface area (TPSA) is 101 Å². The number of aromatic nitrogens is 1. The van der Waals surface area contributed by atoms with Gasteiger partial charge in [0.15, 0.2) is 5.69 Å². The summed E-state index contributed by atoms with van der Waals surface area (Å²) in [5, 5.41) is 0. The van der Waals surface area contributed by atoms with Crippen LogP contribution >= 0.6 is 0 Å². The fourth-order valence-electron chi connectivity index (χ4n) is 1.58. The summed E-state index contributed by atoms with van der Waals surface area (Å²) in [6.45, 7) is 1.95. The zero-order valence-electron chi connectivity index (χ0n) is 11.7. The maximum atomic E-state index is 11.7. The SMILES string of the molecule is CCOC(=O)c1cc(CC(N)C(=O)OC)cc(OC)n1. The van der Waals surface area contributed by atoms with Gasteiger partial charge in [-0.2, -0.15) is 0 Å². The van der Waals surface area contributed by atoms with Crippen LogP contribution in [-0.4, -0.2) is 43.8 Å². The Kier molecular flexibility index (Phi) is 5.92. The molecule has 0 aliphatic rings. The summed E-state index contributed by atoms with van der Waals surface area (Å²) in [5.74, 6) is -0.833. The largest absolute Gasteiger partial charge is 0.481 e. The van der Waals surface area contributed by atoms with Gasteiger partial charge in [0.2, 0.25) is 5.88 Å². The molecule has 0 amide bonds. The van der Waals surface area contributed by atoms with Gasteiger partial charge in [0.25, 0.3) is 0 Å². The van der Waals surface area contributed by atoms with E-state index in [1.54, 1.807) is 13.0 Å². The number of carbonyl (C=O) groups is 2. The van der Waals surface area contributed by atoms with Crippen molar-refractivity contribution in [3.63, 3.8) is 0 Å². The van der Waals surface area contributed by atoms with Crippen LogP contribution in [-0.2, 0) is 20.7 Å². The summed E-state index contributed by atoms with van der Waals surface area (Å²) >= 11 is 0. The first-order valence-electron chi connectivity index (χ1n) is 6.07. The van der Waals surface area contributed by atoms with Gasteiger partial charge in [-0.15, -0.1) is 0 Å². The lowest BCUT2D eigenvalue weighted by Gasteiger charge is -2.11. The van der Waals surface area contributed by atoms with Gasteiger partial charge in [0.1, 0.15) is 6.04 Å². The number of rotatable bonds is 6. The molecule has 0 fully saturated rings. The number of esters is 2. The zero-order chi connectivity index (χ0) is 15.1. The van der Waals surface area contributed by atoms with Gasteiger partial charge < -0.3 is 19.9 Å². The van der Waals surface area contributed by atoms with E-state index in [4.69, 9.17) is 15.2 Å². The fraction of sp³-hybridized carbons (Fsp3) is 0.462. The molecular formula is C13H18N2O5.